The molecule has 0 fully saturated rings. The molecule has 0 spiro atoms. The number of allylic oxidation sites excluding steroid dienone is 1. The standard InChI is InChI=1S/C23H17N3O2/c27-21(22-25-19-11-4-5-12-20(19)26-22)14-13-16-7-6-10-18(15-16)24-23(28)17-8-2-1-3-9-17/h1-15H,(H,24,28)(H,25,26)/b14-13+. The Hall–Kier alpha value is -3.99. The van der Waals surface area contributed by atoms with Crippen LogP contribution in [0, 0.1) is 0 Å². The van der Waals surface area contributed by atoms with Gasteiger partial charge in [0.15, 0.2) is 5.82 Å². The summed E-state index contributed by atoms with van der Waals surface area (Å²) in [5.74, 6) is -0.0963. The minimum atomic E-state index is -0.213. The minimum absolute atomic E-state index is 0.180. The predicted octanol–water partition coefficient (Wildman–Crippen LogP) is 4.71. The first-order chi connectivity index (χ1) is 13.7. The normalized spacial score (nSPS) is 11.0. The lowest BCUT2D eigenvalue weighted by molar-refractivity contribution is 0.102. The molecule has 4 aromatic rings. The molecule has 5 heteroatoms. The maximum atomic E-state index is 12.4. The van der Waals surface area contributed by atoms with E-state index in [1.807, 2.05) is 60.7 Å². The number of anilines is 1. The molecule has 28 heavy (non-hydrogen) atoms. The maximum Gasteiger partial charge on any atom is 0.255 e. The number of amides is 1. The quantitative estimate of drug-likeness (QED) is 0.396. The van der Waals surface area contributed by atoms with Crippen LogP contribution in [0.25, 0.3) is 17.1 Å². The van der Waals surface area contributed by atoms with Gasteiger partial charge in [-0.15, -0.1) is 0 Å². The van der Waals surface area contributed by atoms with Crippen LogP contribution in [-0.2, 0) is 0 Å². The second kappa shape index (κ2) is 7.72. The zero-order chi connectivity index (χ0) is 19.3. The number of aromatic amines is 1. The summed E-state index contributed by atoms with van der Waals surface area (Å²) in [6, 6.07) is 23.8. The molecule has 0 bridgehead atoms. The lowest BCUT2D eigenvalue weighted by Crippen LogP contribution is -2.11. The number of benzene rings is 3. The molecular formula is C23H17N3O2. The van der Waals surface area contributed by atoms with E-state index in [0.717, 1.165) is 16.6 Å². The molecule has 3 aromatic carbocycles. The van der Waals surface area contributed by atoms with Crippen molar-refractivity contribution in [3.63, 3.8) is 0 Å². The Kier molecular flexibility index (Phi) is 4.80. The monoisotopic (exact) mass is 367 g/mol. The van der Waals surface area contributed by atoms with E-state index in [1.165, 1.54) is 6.08 Å². The van der Waals surface area contributed by atoms with Gasteiger partial charge >= 0.3 is 0 Å². The summed E-state index contributed by atoms with van der Waals surface area (Å²) in [5, 5.41) is 2.86. The van der Waals surface area contributed by atoms with Crippen LogP contribution in [0.4, 0.5) is 5.69 Å². The van der Waals surface area contributed by atoms with Crippen LogP contribution >= 0.6 is 0 Å². The zero-order valence-electron chi connectivity index (χ0n) is 14.9. The lowest BCUT2D eigenvalue weighted by Gasteiger charge is -2.06. The fourth-order valence-electron chi connectivity index (χ4n) is 2.83. The van der Waals surface area contributed by atoms with Crippen LogP contribution in [-0.4, -0.2) is 21.7 Å². The van der Waals surface area contributed by atoms with Crippen LogP contribution in [0.3, 0.4) is 0 Å². The van der Waals surface area contributed by atoms with Crippen molar-refractivity contribution in [2.24, 2.45) is 0 Å². The van der Waals surface area contributed by atoms with Crippen molar-refractivity contribution >= 4 is 34.5 Å². The Balaban J connectivity index is 1.48. The number of para-hydroxylation sites is 2. The van der Waals surface area contributed by atoms with E-state index < -0.39 is 0 Å². The first-order valence-electron chi connectivity index (χ1n) is 8.83. The molecule has 1 aromatic heterocycles. The third kappa shape index (κ3) is 3.88. The summed E-state index contributed by atoms with van der Waals surface area (Å²) in [6.07, 6.45) is 3.17. The molecular weight excluding hydrogens is 350 g/mol. The maximum absolute atomic E-state index is 12.4. The van der Waals surface area contributed by atoms with E-state index in [0.29, 0.717) is 17.1 Å². The van der Waals surface area contributed by atoms with Crippen molar-refractivity contribution in [1.82, 2.24) is 9.97 Å². The Morgan fingerprint density at radius 1 is 0.893 bits per heavy atom. The number of rotatable bonds is 5. The first kappa shape index (κ1) is 17.4. The van der Waals surface area contributed by atoms with Crippen LogP contribution in [0.5, 0.6) is 0 Å². The molecule has 0 aliphatic rings. The third-order valence-corrected chi connectivity index (χ3v) is 4.23. The molecule has 0 saturated heterocycles. The highest BCUT2D eigenvalue weighted by molar-refractivity contribution is 6.06. The molecule has 0 radical (unpaired) electrons. The minimum Gasteiger partial charge on any atom is -0.335 e. The number of H-pyrrole nitrogens is 1. The summed E-state index contributed by atoms with van der Waals surface area (Å²) < 4.78 is 0. The van der Waals surface area contributed by atoms with Gasteiger partial charge in [0.1, 0.15) is 0 Å². The van der Waals surface area contributed by atoms with Crippen molar-refractivity contribution in [3.05, 3.63) is 102 Å². The molecule has 136 valence electrons. The van der Waals surface area contributed by atoms with Gasteiger partial charge in [0.25, 0.3) is 5.91 Å². The molecule has 0 aliphatic carbocycles. The molecule has 4 rings (SSSR count). The van der Waals surface area contributed by atoms with Crippen molar-refractivity contribution < 1.29 is 9.59 Å². The highest BCUT2D eigenvalue weighted by Gasteiger charge is 2.08. The molecule has 0 aliphatic heterocycles. The summed E-state index contributed by atoms with van der Waals surface area (Å²) in [7, 11) is 0. The largest absolute Gasteiger partial charge is 0.335 e. The summed E-state index contributed by atoms with van der Waals surface area (Å²) in [6.45, 7) is 0. The number of hydrogen-bond donors (Lipinski definition) is 2. The van der Waals surface area contributed by atoms with E-state index in [9.17, 15) is 9.59 Å². The molecule has 2 N–H and O–H groups in total. The smallest absolute Gasteiger partial charge is 0.255 e. The number of aromatic nitrogens is 2. The number of nitrogens with one attached hydrogen (secondary N) is 2. The number of carbonyl (C=O) groups is 2. The zero-order valence-corrected chi connectivity index (χ0v) is 14.9. The number of nitrogens with zero attached hydrogens (tertiary/aromatic N) is 1. The van der Waals surface area contributed by atoms with Gasteiger partial charge in [-0.3, -0.25) is 9.59 Å². The van der Waals surface area contributed by atoms with Crippen molar-refractivity contribution in [2.75, 3.05) is 5.32 Å². The van der Waals surface area contributed by atoms with Crippen LogP contribution in [0.1, 0.15) is 26.5 Å². The molecule has 5 nitrogen and oxygen atoms in total. The third-order valence-electron chi connectivity index (χ3n) is 4.23. The molecule has 0 unspecified atom stereocenters. The van der Waals surface area contributed by atoms with Crippen LogP contribution in [0.2, 0.25) is 0 Å². The van der Waals surface area contributed by atoms with E-state index in [4.69, 9.17) is 0 Å². The fourth-order valence-corrected chi connectivity index (χ4v) is 2.83. The Labute approximate surface area is 161 Å². The summed E-state index contributed by atoms with van der Waals surface area (Å²) >= 11 is 0. The Bertz CT molecular complexity index is 1140. The van der Waals surface area contributed by atoms with Crippen LogP contribution < -0.4 is 5.32 Å². The molecule has 1 amide bonds. The Morgan fingerprint density at radius 3 is 2.50 bits per heavy atom. The second-order valence-electron chi connectivity index (χ2n) is 6.25. The summed E-state index contributed by atoms with van der Waals surface area (Å²) in [4.78, 5) is 32.0. The van der Waals surface area contributed by atoms with E-state index in [2.05, 4.69) is 15.3 Å². The van der Waals surface area contributed by atoms with Gasteiger partial charge in [-0.25, -0.2) is 4.98 Å². The predicted molar refractivity (Wildman–Crippen MR) is 110 cm³/mol. The number of carbonyl (C=O) groups excluding carboxylic acids is 2. The number of imidazole rings is 1. The molecule has 1 heterocycles. The van der Waals surface area contributed by atoms with Gasteiger partial charge in [0, 0.05) is 11.3 Å². The second-order valence-corrected chi connectivity index (χ2v) is 6.25. The number of hydrogen-bond acceptors (Lipinski definition) is 3. The van der Waals surface area contributed by atoms with Crippen molar-refractivity contribution in [2.45, 2.75) is 0 Å². The Morgan fingerprint density at radius 2 is 1.68 bits per heavy atom. The number of ketones is 1. The van der Waals surface area contributed by atoms with E-state index in [-0.39, 0.29) is 11.7 Å². The van der Waals surface area contributed by atoms with Crippen molar-refractivity contribution in [1.29, 1.82) is 0 Å². The average Bonchev–Trinajstić information content (AvgIpc) is 3.17. The van der Waals surface area contributed by atoms with Crippen molar-refractivity contribution in [3.8, 4) is 0 Å². The SMILES string of the molecule is O=C(Nc1cccc(/C=C/C(=O)c2nc3ccccc3[nH]2)c1)c1ccccc1. The molecule has 0 atom stereocenters. The fraction of sp³-hybridized carbons (Fsp3) is 0. The molecule has 0 saturated carbocycles. The van der Waals surface area contributed by atoms with Gasteiger partial charge in [0.05, 0.1) is 11.0 Å². The first-order valence-corrected chi connectivity index (χ1v) is 8.83. The van der Waals surface area contributed by atoms with Gasteiger partial charge in [-0.1, -0.05) is 48.5 Å². The van der Waals surface area contributed by atoms with Gasteiger partial charge in [-0.05, 0) is 48.0 Å². The number of fused-ring (bicyclic) bond motifs is 1. The van der Waals surface area contributed by atoms with E-state index in [1.54, 1.807) is 24.3 Å². The van der Waals surface area contributed by atoms with E-state index >= 15 is 0 Å². The average molecular weight is 367 g/mol. The van der Waals surface area contributed by atoms with Crippen LogP contribution in [0.15, 0.2) is 84.9 Å². The topological polar surface area (TPSA) is 74.8 Å². The highest BCUT2D eigenvalue weighted by atomic mass is 16.1. The highest BCUT2D eigenvalue weighted by Crippen LogP contribution is 2.15. The van der Waals surface area contributed by atoms with Gasteiger partial charge in [0.2, 0.25) is 5.78 Å². The summed E-state index contributed by atoms with van der Waals surface area (Å²) in [5.41, 5.74) is 3.63. The lowest BCUT2D eigenvalue weighted by atomic mass is 10.1. The van der Waals surface area contributed by atoms with Gasteiger partial charge < -0.3 is 10.3 Å². The van der Waals surface area contributed by atoms with Gasteiger partial charge in [-0.2, -0.15) is 0 Å².